The van der Waals surface area contributed by atoms with Gasteiger partial charge in [0.15, 0.2) is 0 Å². The maximum Gasteiger partial charge on any atom is 0.118 e. The second kappa shape index (κ2) is 7.81. The van der Waals surface area contributed by atoms with Gasteiger partial charge in [0.1, 0.15) is 5.75 Å². The highest BCUT2D eigenvalue weighted by atomic mass is 16.5. The first-order valence-electron chi connectivity index (χ1n) is 8.32. The molecule has 0 saturated carbocycles. The molecule has 2 N–H and O–H groups in total. The minimum absolute atomic E-state index is 0.135. The van der Waals surface area contributed by atoms with E-state index in [0.717, 1.165) is 5.75 Å². The first-order valence-corrected chi connectivity index (χ1v) is 8.32. The first-order chi connectivity index (χ1) is 10.2. The van der Waals surface area contributed by atoms with Crippen LogP contribution in [0.5, 0.6) is 5.75 Å². The molecule has 0 spiro atoms. The zero-order valence-corrected chi connectivity index (χ0v) is 13.7. The van der Waals surface area contributed by atoms with Gasteiger partial charge in [-0.3, -0.25) is 4.90 Å². The van der Waals surface area contributed by atoms with Crippen molar-refractivity contribution in [3.05, 3.63) is 29.8 Å². The highest BCUT2D eigenvalue weighted by Crippen LogP contribution is 2.33. The van der Waals surface area contributed by atoms with Crippen molar-refractivity contribution in [3.63, 3.8) is 0 Å². The molecule has 3 atom stereocenters. The highest BCUT2D eigenvalue weighted by molar-refractivity contribution is 5.30. The van der Waals surface area contributed by atoms with E-state index in [2.05, 4.69) is 30.9 Å². The molecule has 1 fully saturated rings. The largest absolute Gasteiger partial charge is 0.497 e. The molecule has 2 rings (SSSR count). The molecular weight excluding hydrogens is 260 g/mol. The number of nitrogens with zero attached hydrogens (tertiary/aromatic N) is 1. The summed E-state index contributed by atoms with van der Waals surface area (Å²) in [6, 6.07) is 9.56. The summed E-state index contributed by atoms with van der Waals surface area (Å²) in [6.45, 7) is 5.58. The average molecular weight is 290 g/mol. The Hall–Kier alpha value is -1.06. The van der Waals surface area contributed by atoms with Gasteiger partial charge in [-0.2, -0.15) is 0 Å². The van der Waals surface area contributed by atoms with E-state index in [4.69, 9.17) is 10.5 Å². The third-order valence-corrected chi connectivity index (χ3v) is 4.61. The molecule has 0 radical (unpaired) electrons. The second-order valence-electron chi connectivity index (χ2n) is 6.25. The summed E-state index contributed by atoms with van der Waals surface area (Å²) in [4.78, 5) is 2.65. The Morgan fingerprint density at radius 1 is 1.29 bits per heavy atom. The Morgan fingerprint density at radius 2 is 2.00 bits per heavy atom. The van der Waals surface area contributed by atoms with Gasteiger partial charge < -0.3 is 10.5 Å². The lowest BCUT2D eigenvalue weighted by Gasteiger charge is -2.43. The van der Waals surface area contributed by atoms with Crippen LogP contribution in [0.3, 0.4) is 0 Å². The summed E-state index contributed by atoms with van der Waals surface area (Å²) < 4.78 is 5.27. The molecule has 1 aliphatic heterocycles. The van der Waals surface area contributed by atoms with E-state index in [0.29, 0.717) is 12.1 Å². The molecule has 1 aromatic rings. The minimum Gasteiger partial charge on any atom is -0.497 e. The number of hydrogen-bond acceptors (Lipinski definition) is 3. The lowest BCUT2D eigenvalue weighted by Crippen LogP contribution is -2.47. The maximum atomic E-state index is 6.36. The summed E-state index contributed by atoms with van der Waals surface area (Å²) in [5.74, 6) is 0.908. The molecule has 0 aliphatic carbocycles. The molecule has 0 aromatic heterocycles. The van der Waals surface area contributed by atoms with Gasteiger partial charge in [-0.1, -0.05) is 31.9 Å². The molecule has 21 heavy (non-hydrogen) atoms. The first kappa shape index (κ1) is 16.3. The lowest BCUT2D eigenvalue weighted by molar-refractivity contribution is 0.0764. The quantitative estimate of drug-likeness (QED) is 0.867. The molecule has 3 unspecified atom stereocenters. The number of likely N-dealkylation sites (tertiary alicyclic amines) is 1. The topological polar surface area (TPSA) is 38.5 Å². The fraction of sp³-hybridized carbons (Fsp3) is 0.667. The van der Waals surface area contributed by atoms with Crippen LogP contribution in [0.1, 0.15) is 57.6 Å². The van der Waals surface area contributed by atoms with E-state index in [1.54, 1.807) is 7.11 Å². The predicted molar refractivity (Wildman–Crippen MR) is 88.6 cm³/mol. The Kier molecular flexibility index (Phi) is 6.07. The second-order valence-corrected chi connectivity index (χ2v) is 6.25. The predicted octanol–water partition coefficient (Wildman–Crippen LogP) is 3.74. The SMILES string of the molecule is CCCC1CCCCN1C(c1ccc(OC)cc1)C(C)N. The number of ether oxygens (including phenoxy) is 1. The van der Waals surface area contributed by atoms with Gasteiger partial charge in [0, 0.05) is 18.1 Å². The number of piperidine rings is 1. The summed E-state index contributed by atoms with van der Waals surface area (Å²) in [5, 5.41) is 0. The smallest absolute Gasteiger partial charge is 0.118 e. The summed E-state index contributed by atoms with van der Waals surface area (Å²) in [7, 11) is 1.71. The Morgan fingerprint density at radius 3 is 2.57 bits per heavy atom. The fourth-order valence-corrected chi connectivity index (χ4v) is 3.63. The van der Waals surface area contributed by atoms with Crippen LogP contribution in [0.25, 0.3) is 0 Å². The third kappa shape index (κ3) is 3.98. The van der Waals surface area contributed by atoms with Crippen LogP contribution in [0.15, 0.2) is 24.3 Å². The van der Waals surface area contributed by atoms with Gasteiger partial charge >= 0.3 is 0 Å². The molecule has 1 heterocycles. The molecule has 1 saturated heterocycles. The number of hydrogen-bond donors (Lipinski definition) is 1. The Labute approximate surface area is 129 Å². The molecule has 118 valence electrons. The monoisotopic (exact) mass is 290 g/mol. The molecule has 1 aromatic carbocycles. The molecular formula is C18H30N2O. The summed E-state index contributed by atoms with van der Waals surface area (Å²) in [5.41, 5.74) is 7.67. The molecule has 0 bridgehead atoms. The molecule has 1 aliphatic rings. The maximum absolute atomic E-state index is 6.36. The Balaban J connectivity index is 2.23. The van der Waals surface area contributed by atoms with Crippen LogP contribution < -0.4 is 10.5 Å². The van der Waals surface area contributed by atoms with Crippen LogP contribution in [-0.4, -0.2) is 30.6 Å². The van der Waals surface area contributed by atoms with Crippen LogP contribution in [0.2, 0.25) is 0 Å². The van der Waals surface area contributed by atoms with Crippen molar-refractivity contribution < 1.29 is 4.74 Å². The minimum atomic E-state index is 0.135. The molecule has 3 heteroatoms. The van der Waals surface area contributed by atoms with Crippen molar-refractivity contribution in [2.45, 2.75) is 64.1 Å². The van der Waals surface area contributed by atoms with Crippen molar-refractivity contribution in [2.24, 2.45) is 5.73 Å². The number of nitrogens with two attached hydrogens (primary N) is 1. The number of rotatable bonds is 6. The van der Waals surface area contributed by atoms with Crippen molar-refractivity contribution in [1.29, 1.82) is 0 Å². The van der Waals surface area contributed by atoms with Crippen molar-refractivity contribution in [2.75, 3.05) is 13.7 Å². The summed E-state index contributed by atoms with van der Waals surface area (Å²) in [6.07, 6.45) is 6.48. The highest BCUT2D eigenvalue weighted by Gasteiger charge is 2.31. The normalized spacial score (nSPS) is 22.8. The van der Waals surface area contributed by atoms with Gasteiger partial charge in [-0.05, 0) is 50.4 Å². The molecule has 3 nitrogen and oxygen atoms in total. The van der Waals surface area contributed by atoms with Gasteiger partial charge in [0.25, 0.3) is 0 Å². The number of methoxy groups -OCH3 is 1. The third-order valence-electron chi connectivity index (χ3n) is 4.61. The van der Waals surface area contributed by atoms with E-state index < -0.39 is 0 Å². The zero-order chi connectivity index (χ0) is 15.2. The van der Waals surface area contributed by atoms with Crippen LogP contribution in [0.4, 0.5) is 0 Å². The van der Waals surface area contributed by atoms with Crippen molar-refractivity contribution in [3.8, 4) is 5.75 Å². The van der Waals surface area contributed by atoms with Gasteiger partial charge in [0.05, 0.1) is 7.11 Å². The van der Waals surface area contributed by atoms with E-state index >= 15 is 0 Å². The summed E-state index contributed by atoms with van der Waals surface area (Å²) >= 11 is 0. The lowest BCUT2D eigenvalue weighted by atomic mass is 9.91. The molecule has 0 amide bonds. The number of benzene rings is 1. The van der Waals surface area contributed by atoms with E-state index in [1.165, 1.54) is 44.2 Å². The van der Waals surface area contributed by atoms with Crippen LogP contribution in [-0.2, 0) is 0 Å². The zero-order valence-electron chi connectivity index (χ0n) is 13.7. The van der Waals surface area contributed by atoms with Gasteiger partial charge in [-0.25, -0.2) is 0 Å². The van der Waals surface area contributed by atoms with Gasteiger partial charge in [-0.15, -0.1) is 0 Å². The average Bonchev–Trinajstić information content (AvgIpc) is 2.50. The van der Waals surface area contributed by atoms with Crippen molar-refractivity contribution >= 4 is 0 Å². The van der Waals surface area contributed by atoms with Crippen LogP contribution >= 0.6 is 0 Å². The Bertz CT molecular complexity index is 414. The van der Waals surface area contributed by atoms with Crippen molar-refractivity contribution in [1.82, 2.24) is 4.90 Å². The fourth-order valence-electron chi connectivity index (χ4n) is 3.63. The van der Waals surface area contributed by atoms with Gasteiger partial charge in [0.2, 0.25) is 0 Å². The van der Waals surface area contributed by atoms with E-state index in [-0.39, 0.29) is 6.04 Å². The standard InChI is InChI=1S/C18H30N2O/c1-4-7-16-8-5-6-13-20(16)18(14(2)19)15-9-11-17(21-3)12-10-15/h9-12,14,16,18H,4-8,13,19H2,1-3H3. The van der Waals surface area contributed by atoms with Crippen LogP contribution in [0, 0.1) is 0 Å². The van der Waals surface area contributed by atoms with E-state index in [9.17, 15) is 0 Å². The van der Waals surface area contributed by atoms with E-state index in [1.807, 2.05) is 12.1 Å².